The average Bonchev–Trinajstić information content (AvgIpc) is 2.96. The summed E-state index contributed by atoms with van der Waals surface area (Å²) < 4.78 is 0. The molecule has 136 valence electrons. The van der Waals surface area contributed by atoms with Crippen LogP contribution in [-0.4, -0.2) is 10.9 Å². The number of hydrogen-bond donors (Lipinski definition) is 2. The standard InChI is InChI=1S/C20H15Cl2N3OS/c1-9-3-4-10(2)17-12(9)8-13-16(23)18(27-20(13)25-17)19(26)24-15-7-11(21)5-6-14(15)22/h3-8H,23H2,1-2H3,(H,24,26). The van der Waals surface area contributed by atoms with Gasteiger partial charge in [0.1, 0.15) is 9.71 Å². The Bertz CT molecular complexity index is 1230. The van der Waals surface area contributed by atoms with E-state index in [2.05, 4.69) is 11.4 Å². The Kier molecular flexibility index (Phi) is 4.46. The first-order valence-electron chi connectivity index (χ1n) is 8.20. The second-order valence-corrected chi connectivity index (χ2v) is 8.20. The topological polar surface area (TPSA) is 68.0 Å². The maximum absolute atomic E-state index is 12.8. The van der Waals surface area contributed by atoms with Gasteiger partial charge in [0, 0.05) is 15.8 Å². The lowest BCUT2D eigenvalue weighted by Gasteiger charge is -2.07. The SMILES string of the molecule is Cc1ccc(C)c2nc3sc(C(=O)Nc4cc(Cl)ccc4Cl)c(N)c3cc12. The van der Waals surface area contributed by atoms with Gasteiger partial charge < -0.3 is 11.1 Å². The molecule has 0 saturated heterocycles. The van der Waals surface area contributed by atoms with E-state index in [1.54, 1.807) is 18.2 Å². The molecule has 27 heavy (non-hydrogen) atoms. The summed E-state index contributed by atoms with van der Waals surface area (Å²) in [4.78, 5) is 18.7. The number of hydrogen-bond acceptors (Lipinski definition) is 4. The lowest BCUT2D eigenvalue weighted by atomic mass is 10.0. The molecule has 0 radical (unpaired) electrons. The van der Waals surface area contributed by atoms with Crippen LogP contribution < -0.4 is 11.1 Å². The molecule has 0 atom stereocenters. The minimum absolute atomic E-state index is 0.336. The van der Waals surface area contributed by atoms with Crippen molar-refractivity contribution in [2.75, 3.05) is 11.1 Å². The summed E-state index contributed by atoms with van der Waals surface area (Å²) in [6.45, 7) is 4.05. The number of thiophene rings is 1. The predicted octanol–water partition coefficient (Wildman–Crippen LogP) is 6.21. The number of halogens is 2. The van der Waals surface area contributed by atoms with Crippen LogP contribution in [0.15, 0.2) is 36.4 Å². The number of amides is 1. The van der Waals surface area contributed by atoms with Crippen molar-refractivity contribution in [1.29, 1.82) is 0 Å². The summed E-state index contributed by atoms with van der Waals surface area (Å²) in [7, 11) is 0. The van der Waals surface area contributed by atoms with Crippen molar-refractivity contribution in [3.8, 4) is 0 Å². The highest BCUT2D eigenvalue weighted by Crippen LogP contribution is 2.37. The fourth-order valence-corrected chi connectivity index (χ4v) is 4.31. The number of carbonyl (C=O) groups is 1. The molecule has 4 rings (SSSR count). The minimum atomic E-state index is -0.336. The number of fused-ring (bicyclic) bond motifs is 2. The molecular formula is C20H15Cl2N3OS. The highest BCUT2D eigenvalue weighted by molar-refractivity contribution is 7.21. The molecule has 0 unspecified atom stereocenters. The number of aryl methyl sites for hydroxylation is 2. The van der Waals surface area contributed by atoms with Crippen LogP contribution in [0.1, 0.15) is 20.8 Å². The Morgan fingerprint density at radius 1 is 1.07 bits per heavy atom. The predicted molar refractivity (Wildman–Crippen MR) is 115 cm³/mol. The van der Waals surface area contributed by atoms with Crippen molar-refractivity contribution < 1.29 is 4.79 Å². The van der Waals surface area contributed by atoms with Crippen LogP contribution in [0.4, 0.5) is 11.4 Å². The molecule has 1 amide bonds. The zero-order chi connectivity index (χ0) is 19.3. The fourth-order valence-electron chi connectivity index (χ4n) is 3.00. The molecule has 2 heterocycles. The average molecular weight is 416 g/mol. The molecule has 2 aromatic heterocycles. The summed E-state index contributed by atoms with van der Waals surface area (Å²) in [6.07, 6.45) is 0. The largest absolute Gasteiger partial charge is 0.397 e. The van der Waals surface area contributed by atoms with Crippen LogP contribution in [-0.2, 0) is 0 Å². The van der Waals surface area contributed by atoms with Crippen LogP contribution in [0.2, 0.25) is 10.0 Å². The van der Waals surface area contributed by atoms with Gasteiger partial charge in [-0.2, -0.15) is 0 Å². The molecule has 0 bridgehead atoms. The van der Waals surface area contributed by atoms with Crippen LogP contribution in [0.5, 0.6) is 0 Å². The number of rotatable bonds is 2. The summed E-state index contributed by atoms with van der Waals surface area (Å²) in [5.41, 5.74) is 10.3. The maximum Gasteiger partial charge on any atom is 0.267 e. The van der Waals surface area contributed by atoms with Crippen molar-refractivity contribution in [3.05, 3.63) is 62.4 Å². The van der Waals surface area contributed by atoms with Gasteiger partial charge in [-0.15, -0.1) is 11.3 Å². The quantitative estimate of drug-likeness (QED) is 0.408. The van der Waals surface area contributed by atoms with Gasteiger partial charge in [0.15, 0.2) is 0 Å². The summed E-state index contributed by atoms with van der Waals surface area (Å²) in [5.74, 6) is -0.336. The van der Waals surface area contributed by atoms with Gasteiger partial charge in [-0.05, 0) is 49.2 Å². The minimum Gasteiger partial charge on any atom is -0.397 e. The van der Waals surface area contributed by atoms with Crippen molar-refractivity contribution in [1.82, 2.24) is 4.98 Å². The van der Waals surface area contributed by atoms with E-state index >= 15 is 0 Å². The number of nitrogens with one attached hydrogen (secondary N) is 1. The number of nitrogens with zero attached hydrogens (tertiary/aromatic N) is 1. The zero-order valence-corrected chi connectivity index (χ0v) is 16.9. The molecule has 0 aliphatic carbocycles. The third-order valence-corrected chi connectivity index (χ3v) is 6.16. The molecule has 4 nitrogen and oxygen atoms in total. The summed E-state index contributed by atoms with van der Waals surface area (Å²) in [6, 6.07) is 11.0. The molecule has 2 aromatic carbocycles. The molecule has 3 N–H and O–H groups in total. The van der Waals surface area contributed by atoms with Crippen molar-refractivity contribution >= 4 is 72.9 Å². The number of nitrogens with two attached hydrogens (primary N) is 1. The second kappa shape index (κ2) is 6.68. The van der Waals surface area contributed by atoms with Crippen molar-refractivity contribution in [2.45, 2.75) is 13.8 Å². The van der Waals surface area contributed by atoms with Crippen LogP contribution in [0, 0.1) is 13.8 Å². The number of aromatic nitrogens is 1. The second-order valence-electron chi connectivity index (χ2n) is 6.36. The van der Waals surface area contributed by atoms with Gasteiger partial charge in [-0.1, -0.05) is 35.3 Å². The third-order valence-electron chi connectivity index (χ3n) is 4.49. The van der Waals surface area contributed by atoms with Gasteiger partial charge in [-0.3, -0.25) is 4.79 Å². The molecule has 0 aliphatic heterocycles. The lowest BCUT2D eigenvalue weighted by molar-refractivity contribution is 0.103. The monoisotopic (exact) mass is 415 g/mol. The Morgan fingerprint density at radius 2 is 1.81 bits per heavy atom. The molecule has 0 aliphatic rings. The van der Waals surface area contributed by atoms with E-state index < -0.39 is 0 Å². The summed E-state index contributed by atoms with van der Waals surface area (Å²) in [5, 5.41) is 5.49. The van der Waals surface area contributed by atoms with E-state index in [1.165, 1.54) is 11.3 Å². The molecule has 0 fully saturated rings. The van der Waals surface area contributed by atoms with E-state index in [4.69, 9.17) is 33.9 Å². The lowest BCUT2D eigenvalue weighted by Crippen LogP contribution is -2.12. The number of benzene rings is 2. The van der Waals surface area contributed by atoms with Crippen LogP contribution in [0.3, 0.4) is 0 Å². The Labute approximate surface area is 169 Å². The number of anilines is 2. The summed E-state index contributed by atoms with van der Waals surface area (Å²) >= 11 is 13.4. The van der Waals surface area contributed by atoms with Crippen molar-refractivity contribution in [2.24, 2.45) is 0 Å². The van der Waals surface area contributed by atoms with Crippen LogP contribution >= 0.6 is 34.5 Å². The van der Waals surface area contributed by atoms with Gasteiger partial charge in [0.2, 0.25) is 0 Å². The maximum atomic E-state index is 12.8. The fraction of sp³-hybridized carbons (Fsp3) is 0.100. The highest BCUT2D eigenvalue weighted by atomic mass is 35.5. The number of pyridine rings is 1. The molecule has 7 heteroatoms. The zero-order valence-electron chi connectivity index (χ0n) is 14.6. The van der Waals surface area contributed by atoms with Gasteiger partial charge >= 0.3 is 0 Å². The first kappa shape index (κ1) is 18.0. The molecule has 0 spiro atoms. The highest BCUT2D eigenvalue weighted by Gasteiger charge is 2.19. The van der Waals surface area contributed by atoms with E-state index in [0.29, 0.717) is 26.3 Å². The van der Waals surface area contributed by atoms with Gasteiger partial charge in [-0.25, -0.2) is 4.98 Å². The number of nitrogen functional groups attached to an aromatic ring is 1. The Balaban J connectivity index is 1.82. The van der Waals surface area contributed by atoms with E-state index in [9.17, 15) is 4.79 Å². The number of carbonyl (C=O) groups excluding carboxylic acids is 1. The Morgan fingerprint density at radius 3 is 2.59 bits per heavy atom. The normalized spacial score (nSPS) is 11.3. The van der Waals surface area contributed by atoms with Gasteiger partial charge in [0.05, 0.1) is 21.9 Å². The Hall–Kier alpha value is -2.34. The van der Waals surface area contributed by atoms with Crippen molar-refractivity contribution in [3.63, 3.8) is 0 Å². The molecular weight excluding hydrogens is 401 g/mol. The van der Waals surface area contributed by atoms with Gasteiger partial charge in [0.25, 0.3) is 5.91 Å². The smallest absolute Gasteiger partial charge is 0.267 e. The first-order valence-corrected chi connectivity index (χ1v) is 9.77. The van der Waals surface area contributed by atoms with E-state index in [-0.39, 0.29) is 5.91 Å². The third kappa shape index (κ3) is 3.12. The van der Waals surface area contributed by atoms with Crippen LogP contribution in [0.25, 0.3) is 21.1 Å². The molecule has 0 saturated carbocycles. The van der Waals surface area contributed by atoms with E-state index in [1.807, 2.05) is 26.0 Å². The van der Waals surface area contributed by atoms with E-state index in [0.717, 1.165) is 32.2 Å². The first-order chi connectivity index (χ1) is 12.8. The molecule has 4 aromatic rings.